The lowest BCUT2D eigenvalue weighted by Gasteiger charge is -2.32. The molecule has 0 heterocycles. The predicted octanol–water partition coefficient (Wildman–Crippen LogP) is 18.6. The van der Waals surface area contributed by atoms with Crippen molar-refractivity contribution in [2.75, 3.05) is 4.90 Å². The number of rotatable bonds is 9. The van der Waals surface area contributed by atoms with Crippen molar-refractivity contribution in [1.82, 2.24) is 0 Å². The van der Waals surface area contributed by atoms with E-state index in [-0.39, 0.29) is 5.41 Å². The van der Waals surface area contributed by atoms with Crippen LogP contribution in [0.15, 0.2) is 261 Å². The largest absolute Gasteiger partial charge is 0.309 e. The molecule has 11 aromatic carbocycles. The topological polar surface area (TPSA) is 3.24 Å². The summed E-state index contributed by atoms with van der Waals surface area (Å²) in [6, 6.07) is 95.7. The molecule has 1 aliphatic rings. The molecule has 0 amide bonds. The molecule has 0 saturated carbocycles. The molecule has 0 spiro atoms. The molecular formula is C67H49N. The van der Waals surface area contributed by atoms with Crippen molar-refractivity contribution in [3.8, 4) is 77.9 Å². The monoisotopic (exact) mass is 867 g/mol. The molecule has 0 radical (unpaired) electrons. The molecule has 11 aromatic rings. The Morgan fingerprint density at radius 2 is 0.721 bits per heavy atom. The maximum absolute atomic E-state index is 2.51. The number of nitrogens with zero attached hydrogens (tertiary/aromatic N) is 1. The molecule has 1 nitrogen and oxygen atoms in total. The first-order valence-electron chi connectivity index (χ1n) is 23.7. The standard InChI is InChI=1S/C67H49N/c1-67(2)61-34-15-13-30-60(61)65-59(33-18-35-62(65)67)57-28-14-16-36-63(57)68(52-44-42-47(43-45-52)46-38-40-51(41-39-46)54-31-17-25-49-24-9-10-26-53(49)54)64-37-19-32-56(50-22-7-4-8-23-50)66(64)58-29-12-11-27-55(58)48-20-5-3-6-21-48/h3-45H,1-2H3. The van der Waals surface area contributed by atoms with Gasteiger partial charge in [0.05, 0.1) is 11.4 Å². The molecule has 0 N–H and O–H groups in total. The first kappa shape index (κ1) is 40.9. The molecule has 1 heteroatoms. The van der Waals surface area contributed by atoms with Gasteiger partial charge in [-0.2, -0.15) is 0 Å². The van der Waals surface area contributed by atoms with Gasteiger partial charge in [-0.3, -0.25) is 0 Å². The van der Waals surface area contributed by atoms with Gasteiger partial charge in [0.15, 0.2) is 0 Å². The number of para-hydroxylation sites is 1. The highest BCUT2D eigenvalue weighted by molar-refractivity contribution is 6.04. The highest BCUT2D eigenvalue weighted by Crippen LogP contribution is 2.55. The van der Waals surface area contributed by atoms with E-state index < -0.39 is 0 Å². The van der Waals surface area contributed by atoms with Crippen LogP contribution in [0.5, 0.6) is 0 Å². The van der Waals surface area contributed by atoms with E-state index in [1.54, 1.807) is 0 Å². The highest BCUT2D eigenvalue weighted by Gasteiger charge is 2.37. The van der Waals surface area contributed by atoms with Crippen LogP contribution in [0.4, 0.5) is 17.1 Å². The molecule has 0 aliphatic heterocycles. The summed E-state index contributed by atoms with van der Waals surface area (Å²) in [7, 11) is 0. The third-order valence-electron chi connectivity index (χ3n) is 14.1. The number of fused-ring (bicyclic) bond motifs is 4. The van der Waals surface area contributed by atoms with Crippen LogP contribution in [0.25, 0.3) is 88.7 Å². The van der Waals surface area contributed by atoms with Crippen LogP contribution in [0.3, 0.4) is 0 Å². The van der Waals surface area contributed by atoms with Gasteiger partial charge >= 0.3 is 0 Å². The van der Waals surface area contributed by atoms with E-state index in [0.717, 1.165) is 17.1 Å². The zero-order valence-corrected chi connectivity index (χ0v) is 38.3. The molecule has 0 atom stereocenters. The quantitative estimate of drug-likeness (QED) is 0.140. The zero-order valence-electron chi connectivity index (χ0n) is 38.3. The lowest BCUT2D eigenvalue weighted by Crippen LogP contribution is -2.15. The Balaban J connectivity index is 1.07. The van der Waals surface area contributed by atoms with Crippen molar-refractivity contribution in [3.05, 3.63) is 272 Å². The van der Waals surface area contributed by atoms with Gasteiger partial charge in [0.25, 0.3) is 0 Å². The van der Waals surface area contributed by atoms with Crippen molar-refractivity contribution < 1.29 is 0 Å². The second-order valence-corrected chi connectivity index (χ2v) is 18.4. The van der Waals surface area contributed by atoms with Crippen molar-refractivity contribution in [2.24, 2.45) is 0 Å². The van der Waals surface area contributed by atoms with E-state index in [1.165, 1.54) is 99.8 Å². The van der Waals surface area contributed by atoms with Crippen LogP contribution >= 0.6 is 0 Å². The molecule has 0 unspecified atom stereocenters. The van der Waals surface area contributed by atoms with E-state index >= 15 is 0 Å². The molecule has 322 valence electrons. The Morgan fingerprint density at radius 3 is 1.47 bits per heavy atom. The van der Waals surface area contributed by atoms with Gasteiger partial charge in [-0.25, -0.2) is 0 Å². The van der Waals surface area contributed by atoms with Gasteiger partial charge < -0.3 is 4.90 Å². The number of anilines is 3. The smallest absolute Gasteiger partial charge is 0.0546 e. The Kier molecular flexibility index (Phi) is 10.3. The maximum atomic E-state index is 2.51. The predicted molar refractivity (Wildman–Crippen MR) is 289 cm³/mol. The summed E-state index contributed by atoms with van der Waals surface area (Å²) in [6.45, 7) is 4.73. The molecule has 0 saturated heterocycles. The van der Waals surface area contributed by atoms with Gasteiger partial charge in [0, 0.05) is 22.2 Å². The lowest BCUT2D eigenvalue weighted by atomic mass is 9.82. The number of hydrogen-bond donors (Lipinski definition) is 0. The summed E-state index contributed by atoms with van der Waals surface area (Å²) in [4.78, 5) is 2.51. The fraction of sp³-hybridized carbons (Fsp3) is 0.0448. The van der Waals surface area contributed by atoms with Crippen LogP contribution in [-0.4, -0.2) is 0 Å². The molecule has 12 rings (SSSR count). The van der Waals surface area contributed by atoms with Crippen molar-refractivity contribution in [3.63, 3.8) is 0 Å². The molecule has 0 bridgehead atoms. The second-order valence-electron chi connectivity index (χ2n) is 18.4. The van der Waals surface area contributed by atoms with Crippen LogP contribution in [0.1, 0.15) is 25.0 Å². The second kappa shape index (κ2) is 17.0. The zero-order chi connectivity index (χ0) is 45.6. The summed E-state index contributed by atoms with van der Waals surface area (Å²) < 4.78 is 0. The Hall–Kier alpha value is -8.52. The average Bonchev–Trinajstić information content (AvgIpc) is 3.65. The van der Waals surface area contributed by atoms with Crippen molar-refractivity contribution in [1.29, 1.82) is 0 Å². The third kappa shape index (κ3) is 7.03. The summed E-state index contributed by atoms with van der Waals surface area (Å²) in [5.41, 5.74) is 22.8. The van der Waals surface area contributed by atoms with Crippen LogP contribution < -0.4 is 4.90 Å². The van der Waals surface area contributed by atoms with E-state index in [9.17, 15) is 0 Å². The van der Waals surface area contributed by atoms with Crippen molar-refractivity contribution in [2.45, 2.75) is 19.3 Å². The minimum absolute atomic E-state index is 0.127. The minimum atomic E-state index is -0.127. The Morgan fingerprint density at radius 1 is 0.265 bits per heavy atom. The summed E-state index contributed by atoms with van der Waals surface area (Å²) in [5, 5.41) is 2.52. The van der Waals surface area contributed by atoms with Crippen LogP contribution in [0.2, 0.25) is 0 Å². The Labute approximate surface area is 399 Å². The summed E-state index contributed by atoms with van der Waals surface area (Å²) in [5.74, 6) is 0. The fourth-order valence-electron chi connectivity index (χ4n) is 10.8. The van der Waals surface area contributed by atoms with Crippen LogP contribution in [-0.2, 0) is 5.41 Å². The van der Waals surface area contributed by atoms with Crippen molar-refractivity contribution >= 4 is 27.8 Å². The third-order valence-corrected chi connectivity index (χ3v) is 14.1. The molecule has 0 aromatic heterocycles. The summed E-state index contributed by atoms with van der Waals surface area (Å²) in [6.07, 6.45) is 0. The van der Waals surface area contributed by atoms with Gasteiger partial charge in [-0.05, 0) is 113 Å². The average molecular weight is 868 g/mol. The molecule has 0 fully saturated rings. The fourth-order valence-corrected chi connectivity index (χ4v) is 10.8. The maximum Gasteiger partial charge on any atom is 0.0546 e. The van der Waals surface area contributed by atoms with E-state index in [0.29, 0.717) is 0 Å². The van der Waals surface area contributed by atoms with Gasteiger partial charge in [-0.1, -0.05) is 250 Å². The molecule has 68 heavy (non-hydrogen) atoms. The normalized spacial score (nSPS) is 12.4. The van der Waals surface area contributed by atoms with E-state index in [2.05, 4.69) is 280 Å². The van der Waals surface area contributed by atoms with Gasteiger partial charge in [0.1, 0.15) is 0 Å². The number of benzene rings is 11. The van der Waals surface area contributed by atoms with Crippen LogP contribution in [0, 0.1) is 0 Å². The lowest BCUT2D eigenvalue weighted by molar-refractivity contribution is 0.660. The first-order valence-corrected chi connectivity index (χ1v) is 23.7. The van der Waals surface area contributed by atoms with E-state index in [4.69, 9.17) is 0 Å². The van der Waals surface area contributed by atoms with Gasteiger partial charge in [0.2, 0.25) is 0 Å². The molecule has 1 aliphatic carbocycles. The minimum Gasteiger partial charge on any atom is -0.309 e. The van der Waals surface area contributed by atoms with E-state index in [1.807, 2.05) is 0 Å². The van der Waals surface area contributed by atoms with Gasteiger partial charge in [-0.15, -0.1) is 0 Å². The number of hydrogen-bond acceptors (Lipinski definition) is 1. The molecular weight excluding hydrogens is 819 g/mol. The summed E-state index contributed by atoms with van der Waals surface area (Å²) >= 11 is 0. The first-order chi connectivity index (χ1) is 33.5. The highest BCUT2D eigenvalue weighted by atomic mass is 15.1. The Bertz CT molecular complexity index is 3620. The SMILES string of the molecule is CC1(C)c2ccccc2-c2c(-c3ccccc3N(c3ccc(-c4ccc(-c5cccc6ccccc56)cc4)cc3)c3cccc(-c4ccccc4)c3-c3ccccc3-c3ccccc3)cccc21.